The number of anilines is 1. The number of hydrogen-bond donors (Lipinski definition) is 0. The number of hydrogen-bond acceptors (Lipinski definition) is 6. The summed E-state index contributed by atoms with van der Waals surface area (Å²) in [5, 5.41) is 0.925. The summed E-state index contributed by atoms with van der Waals surface area (Å²) in [5.74, 6) is -0.260. The molecule has 0 fully saturated rings. The van der Waals surface area contributed by atoms with Crippen LogP contribution in [-0.4, -0.2) is 30.5 Å². The highest BCUT2D eigenvalue weighted by Crippen LogP contribution is 2.32. The highest BCUT2D eigenvalue weighted by atomic mass is 35.5. The summed E-state index contributed by atoms with van der Waals surface area (Å²) >= 11 is 7.33. The lowest BCUT2D eigenvalue weighted by atomic mass is 10.2. The van der Waals surface area contributed by atoms with E-state index in [1.807, 2.05) is 6.07 Å². The Morgan fingerprint density at radius 3 is 2.67 bits per heavy atom. The predicted molar refractivity (Wildman–Crippen MR) is 119 cm³/mol. The predicted octanol–water partition coefficient (Wildman–Crippen LogP) is 4.60. The molecule has 0 bridgehead atoms. The van der Waals surface area contributed by atoms with Gasteiger partial charge in [0, 0.05) is 29.2 Å². The zero-order valence-electron chi connectivity index (χ0n) is 15.8. The van der Waals surface area contributed by atoms with Gasteiger partial charge in [0.25, 0.3) is 5.91 Å². The van der Waals surface area contributed by atoms with E-state index in [9.17, 15) is 13.2 Å². The van der Waals surface area contributed by atoms with Crippen LogP contribution in [0.4, 0.5) is 5.13 Å². The van der Waals surface area contributed by atoms with Crippen LogP contribution in [-0.2, 0) is 16.4 Å². The quantitative estimate of drug-likeness (QED) is 0.437. The lowest BCUT2D eigenvalue weighted by molar-refractivity contribution is 0.0985. The molecule has 152 valence electrons. The number of rotatable bonds is 5. The molecule has 0 saturated carbocycles. The maximum atomic E-state index is 13.3. The zero-order chi connectivity index (χ0) is 21.3. The van der Waals surface area contributed by atoms with E-state index < -0.39 is 9.84 Å². The van der Waals surface area contributed by atoms with E-state index in [0.717, 1.165) is 11.8 Å². The molecule has 4 rings (SSSR count). The third kappa shape index (κ3) is 4.35. The molecular formula is C21H16ClN3O3S2. The summed E-state index contributed by atoms with van der Waals surface area (Å²) in [6.45, 7) is 0.262. The van der Waals surface area contributed by atoms with Crippen LogP contribution < -0.4 is 4.90 Å². The lowest BCUT2D eigenvalue weighted by Crippen LogP contribution is -2.30. The fourth-order valence-electron chi connectivity index (χ4n) is 2.92. The van der Waals surface area contributed by atoms with Crippen molar-refractivity contribution < 1.29 is 13.2 Å². The van der Waals surface area contributed by atoms with Crippen molar-refractivity contribution in [3.63, 3.8) is 0 Å². The van der Waals surface area contributed by atoms with Gasteiger partial charge in [-0.1, -0.05) is 35.1 Å². The van der Waals surface area contributed by atoms with Crippen LogP contribution in [0.5, 0.6) is 0 Å². The lowest BCUT2D eigenvalue weighted by Gasteiger charge is -2.20. The topological polar surface area (TPSA) is 80.2 Å². The van der Waals surface area contributed by atoms with Crippen molar-refractivity contribution in [2.24, 2.45) is 0 Å². The fourth-order valence-corrected chi connectivity index (χ4v) is 4.83. The third-order valence-corrected chi connectivity index (χ3v) is 6.77. The van der Waals surface area contributed by atoms with Crippen LogP contribution in [0, 0.1) is 0 Å². The van der Waals surface area contributed by atoms with Gasteiger partial charge in [-0.25, -0.2) is 13.4 Å². The van der Waals surface area contributed by atoms with Gasteiger partial charge in [-0.15, -0.1) is 0 Å². The second-order valence-electron chi connectivity index (χ2n) is 6.66. The summed E-state index contributed by atoms with van der Waals surface area (Å²) in [5.41, 5.74) is 1.89. The van der Waals surface area contributed by atoms with E-state index in [4.69, 9.17) is 11.6 Å². The minimum Gasteiger partial charge on any atom is -0.279 e. The van der Waals surface area contributed by atoms with Gasteiger partial charge in [0.05, 0.1) is 21.7 Å². The Morgan fingerprint density at radius 1 is 1.13 bits per heavy atom. The summed E-state index contributed by atoms with van der Waals surface area (Å²) in [6.07, 6.45) is 4.51. The van der Waals surface area contributed by atoms with Crippen molar-refractivity contribution >= 4 is 54.0 Å². The van der Waals surface area contributed by atoms with Crippen molar-refractivity contribution in [2.45, 2.75) is 11.4 Å². The van der Waals surface area contributed by atoms with Crippen LogP contribution in [0.2, 0.25) is 5.02 Å². The summed E-state index contributed by atoms with van der Waals surface area (Å²) < 4.78 is 24.5. The number of halogens is 1. The van der Waals surface area contributed by atoms with Crippen molar-refractivity contribution in [3.8, 4) is 0 Å². The SMILES string of the molecule is CS(=O)(=O)c1ccc2nc(N(Cc3cccnc3)C(=O)c3cccc(Cl)c3)sc2c1. The van der Waals surface area contributed by atoms with E-state index in [0.29, 0.717) is 25.9 Å². The van der Waals surface area contributed by atoms with E-state index in [1.54, 1.807) is 59.8 Å². The second-order valence-corrected chi connectivity index (χ2v) is 10.1. The van der Waals surface area contributed by atoms with Crippen LogP contribution >= 0.6 is 22.9 Å². The van der Waals surface area contributed by atoms with E-state index in [-0.39, 0.29) is 17.3 Å². The molecule has 0 aliphatic carbocycles. The first kappa shape index (κ1) is 20.5. The molecule has 9 heteroatoms. The van der Waals surface area contributed by atoms with E-state index in [2.05, 4.69) is 9.97 Å². The number of carbonyl (C=O) groups excluding carboxylic acids is 1. The van der Waals surface area contributed by atoms with Crippen LogP contribution in [0.25, 0.3) is 10.2 Å². The van der Waals surface area contributed by atoms with Crippen LogP contribution in [0.15, 0.2) is 71.9 Å². The maximum Gasteiger partial charge on any atom is 0.260 e. The van der Waals surface area contributed by atoms with Gasteiger partial charge < -0.3 is 0 Å². The van der Waals surface area contributed by atoms with E-state index in [1.165, 1.54) is 17.4 Å². The van der Waals surface area contributed by atoms with Gasteiger partial charge in [0.2, 0.25) is 0 Å². The molecule has 30 heavy (non-hydrogen) atoms. The standard InChI is InChI=1S/C21H16ClN3O3S2/c1-30(27,28)17-7-8-18-19(11-17)29-21(24-18)25(13-14-4-3-9-23-12-14)20(26)15-5-2-6-16(22)10-15/h2-12H,13H2,1H3. The van der Waals surface area contributed by atoms with Gasteiger partial charge in [-0.3, -0.25) is 14.7 Å². The first-order valence-electron chi connectivity index (χ1n) is 8.88. The van der Waals surface area contributed by atoms with Gasteiger partial charge in [-0.05, 0) is 48.0 Å². The number of benzene rings is 2. The number of pyridine rings is 1. The molecule has 1 amide bonds. The number of sulfone groups is 1. The molecule has 0 saturated heterocycles. The molecule has 0 spiro atoms. The number of carbonyl (C=O) groups is 1. The number of aromatic nitrogens is 2. The Morgan fingerprint density at radius 2 is 1.97 bits per heavy atom. The molecule has 2 aromatic heterocycles. The normalized spacial score (nSPS) is 11.5. The second kappa shape index (κ2) is 8.14. The zero-order valence-corrected chi connectivity index (χ0v) is 18.2. The molecule has 0 aliphatic heterocycles. The van der Waals surface area contributed by atoms with Gasteiger partial charge in [0.1, 0.15) is 0 Å². The van der Waals surface area contributed by atoms with Crippen molar-refractivity contribution in [2.75, 3.05) is 11.2 Å². The number of amides is 1. The number of thiazole rings is 1. The molecule has 6 nitrogen and oxygen atoms in total. The monoisotopic (exact) mass is 457 g/mol. The average Bonchev–Trinajstić information content (AvgIpc) is 3.14. The van der Waals surface area contributed by atoms with Gasteiger partial charge >= 0.3 is 0 Å². The molecule has 0 aliphatic rings. The Bertz CT molecular complexity index is 1340. The largest absolute Gasteiger partial charge is 0.279 e. The number of nitrogens with zero attached hydrogens (tertiary/aromatic N) is 3. The minimum absolute atomic E-state index is 0.213. The smallest absolute Gasteiger partial charge is 0.260 e. The third-order valence-electron chi connectivity index (χ3n) is 4.39. The summed E-state index contributed by atoms with van der Waals surface area (Å²) in [4.78, 5) is 23.8. The molecule has 0 unspecified atom stereocenters. The van der Waals surface area contributed by atoms with E-state index >= 15 is 0 Å². The van der Waals surface area contributed by atoms with Gasteiger partial charge in [-0.2, -0.15) is 0 Å². The molecule has 0 N–H and O–H groups in total. The maximum absolute atomic E-state index is 13.3. The van der Waals surface area contributed by atoms with Crippen LogP contribution in [0.3, 0.4) is 0 Å². The Labute approximate surface area is 182 Å². The van der Waals surface area contributed by atoms with Gasteiger partial charge in [0.15, 0.2) is 15.0 Å². The first-order chi connectivity index (χ1) is 14.3. The molecule has 2 heterocycles. The average molecular weight is 458 g/mol. The Kier molecular flexibility index (Phi) is 5.55. The summed E-state index contributed by atoms with van der Waals surface area (Å²) in [7, 11) is -3.34. The van der Waals surface area contributed by atoms with Crippen molar-refractivity contribution in [1.82, 2.24) is 9.97 Å². The highest BCUT2D eigenvalue weighted by molar-refractivity contribution is 7.90. The highest BCUT2D eigenvalue weighted by Gasteiger charge is 2.22. The Balaban J connectivity index is 1.79. The first-order valence-corrected chi connectivity index (χ1v) is 12.0. The molecule has 4 aromatic rings. The van der Waals surface area contributed by atoms with Crippen molar-refractivity contribution in [1.29, 1.82) is 0 Å². The van der Waals surface area contributed by atoms with Crippen LogP contribution in [0.1, 0.15) is 15.9 Å². The molecule has 0 radical (unpaired) electrons. The molecular weight excluding hydrogens is 442 g/mol. The fraction of sp³-hybridized carbons (Fsp3) is 0.0952. The molecule has 0 atom stereocenters. The molecule has 2 aromatic carbocycles. The Hall–Kier alpha value is -2.81. The summed E-state index contributed by atoms with van der Waals surface area (Å²) in [6, 6.07) is 15.1. The minimum atomic E-state index is -3.34. The number of fused-ring (bicyclic) bond motifs is 1. The van der Waals surface area contributed by atoms with Crippen molar-refractivity contribution in [3.05, 3.63) is 83.1 Å².